The van der Waals surface area contributed by atoms with E-state index in [-0.39, 0.29) is 21.7 Å². The van der Waals surface area contributed by atoms with Crippen LogP contribution in [0.15, 0.2) is 12.3 Å². The Balaban J connectivity index is 2.27. The van der Waals surface area contributed by atoms with Crippen molar-refractivity contribution >= 4 is 37.7 Å². The number of carbonyl (C=O) groups is 1. The van der Waals surface area contributed by atoms with Crippen molar-refractivity contribution in [1.82, 2.24) is 10.3 Å². The molecular formula is C16H19AsClN2O. The molecule has 1 aliphatic carbocycles. The zero-order valence-corrected chi connectivity index (χ0v) is 15.2. The molecule has 1 aromatic heterocycles. The third-order valence-electron chi connectivity index (χ3n) is 3.84. The first-order valence-corrected chi connectivity index (χ1v) is 9.25. The second kappa shape index (κ2) is 6.03. The molecular weight excluding hydrogens is 347 g/mol. The first-order valence-electron chi connectivity index (χ1n) is 6.99. The van der Waals surface area contributed by atoms with Gasteiger partial charge in [-0.25, -0.2) is 0 Å². The predicted molar refractivity (Wildman–Crippen MR) is 87.2 cm³/mol. The van der Waals surface area contributed by atoms with E-state index in [0.717, 1.165) is 4.48 Å². The van der Waals surface area contributed by atoms with E-state index in [1.165, 1.54) is 12.8 Å². The van der Waals surface area contributed by atoms with E-state index in [0.29, 0.717) is 21.2 Å². The van der Waals surface area contributed by atoms with Gasteiger partial charge in [0.2, 0.25) is 0 Å². The Hall–Kier alpha value is -0.972. The van der Waals surface area contributed by atoms with Gasteiger partial charge < -0.3 is 0 Å². The summed E-state index contributed by atoms with van der Waals surface area (Å²) in [6, 6.07) is 1.70. The van der Waals surface area contributed by atoms with Crippen LogP contribution in [-0.2, 0) is 0 Å². The van der Waals surface area contributed by atoms with Gasteiger partial charge in [-0.3, -0.25) is 0 Å². The van der Waals surface area contributed by atoms with Crippen molar-refractivity contribution in [2.45, 2.75) is 49.8 Å². The Labute approximate surface area is 137 Å². The SMILES string of the molecule is C#C[C@@](C)(CC)NC(=O)c1cc(Cl)cnc1[As]C1(C)CC1. The summed E-state index contributed by atoms with van der Waals surface area (Å²) in [6.07, 6.45) is 10.2. The van der Waals surface area contributed by atoms with Crippen molar-refractivity contribution in [3.05, 3.63) is 22.8 Å². The van der Waals surface area contributed by atoms with Crippen LogP contribution in [0.25, 0.3) is 0 Å². The first kappa shape index (κ1) is 16.4. The van der Waals surface area contributed by atoms with Gasteiger partial charge in [0.15, 0.2) is 0 Å². The second-order valence-electron chi connectivity index (χ2n) is 5.92. The Morgan fingerprint density at radius 3 is 2.86 bits per heavy atom. The van der Waals surface area contributed by atoms with Crippen LogP contribution in [0.4, 0.5) is 0 Å². The molecule has 1 heterocycles. The number of halogens is 1. The van der Waals surface area contributed by atoms with Crippen LogP contribution in [0, 0.1) is 12.3 Å². The van der Waals surface area contributed by atoms with Gasteiger partial charge in [-0.05, 0) is 0 Å². The van der Waals surface area contributed by atoms with Gasteiger partial charge in [-0.15, -0.1) is 0 Å². The fourth-order valence-corrected chi connectivity index (χ4v) is 4.56. The molecule has 0 unspecified atom stereocenters. The molecule has 0 saturated heterocycles. The average Bonchev–Trinajstić information content (AvgIpc) is 3.18. The normalized spacial score (nSPS) is 19.0. The number of nitrogens with one attached hydrogen (secondary N) is 1. The van der Waals surface area contributed by atoms with E-state index in [4.69, 9.17) is 18.0 Å². The van der Waals surface area contributed by atoms with Crippen molar-refractivity contribution in [1.29, 1.82) is 0 Å². The maximum absolute atomic E-state index is 12.6. The summed E-state index contributed by atoms with van der Waals surface area (Å²) in [5.74, 6) is 2.47. The van der Waals surface area contributed by atoms with Crippen molar-refractivity contribution in [2.75, 3.05) is 0 Å². The van der Waals surface area contributed by atoms with Crippen LogP contribution in [-0.4, -0.2) is 32.2 Å². The van der Waals surface area contributed by atoms with Gasteiger partial charge in [-0.1, -0.05) is 0 Å². The van der Waals surface area contributed by atoms with Crippen LogP contribution in [0.1, 0.15) is 50.4 Å². The van der Waals surface area contributed by atoms with Crippen LogP contribution < -0.4 is 9.80 Å². The Kier molecular flexibility index (Phi) is 4.71. The molecule has 1 aromatic rings. The van der Waals surface area contributed by atoms with Crippen molar-refractivity contribution < 1.29 is 4.79 Å². The Morgan fingerprint density at radius 2 is 2.33 bits per heavy atom. The zero-order chi connectivity index (χ0) is 15.7. The van der Waals surface area contributed by atoms with E-state index >= 15 is 0 Å². The van der Waals surface area contributed by atoms with Crippen molar-refractivity contribution in [2.24, 2.45) is 0 Å². The summed E-state index contributed by atoms with van der Waals surface area (Å²) in [4.78, 5) is 17.0. The minimum atomic E-state index is -0.642. The quantitative estimate of drug-likeness (QED) is 0.643. The summed E-state index contributed by atoms with van der Waals surface area (Å²) in [6.45, 7) is 6.05. The average molecular weight is 366 g/mol. The molecule has 0 spiro atoms. The molecule has 3 nitrogen and oxygen atoms in total. The van der Waals surface area contributed by atoms with Gasteiger partial charge in [-0.2, -0.15) is 0 Å². The third-order valence-corrected chi connectivity index (χ3v) is 7.31. The number of nitrogens with zero attached hydrogens (tertiary/aromatic N) is 1. The molecule has 5 heteroatoms. The minimum absolute atomic E-state index is 0.144. The van der Waals surface area contributed by atoms with Crippen LogP contribution in [0.2, 0.25) is 9.23 Å². The van der Waals surface area contributed by atoms with Gasteiger partial charge >= 0.3 is 138 Å². The number of pyridine rings is 1. The summed E-state index contributed by atoms with van der Waals surface area (Å²) in [7, 11) is 0. The predicted octanol–water partition coefficient (Wildman–Crippen LogP) is 2.57. The summed E-state index contributed by atoms with van der Waals surface area (Å²) < 4.78 is 1.26. The Bertz CT molecular complexity index is 607. The number of hydrogen-bond donors (Lipinski definition) is 1. The molecule has 1 amide bonds. The van der Waals surface area contributed by atoms with Gasteiger partial charge in [0.25, 0.3) is 0 Å². The monoisotopic (exact) mass is 365 g/mol. The maximum atomic E-state index is 12.6. The Morgan fingerprint density at radius 1 is 1.67 bits per heavy atom. The standard InChI is InChI=1S/C16H19AsClN2O/c1-5-16(4,6-2)20-14(21)12-9-11(18)10-19-13(12)17-15(3)7-8-15/h1,9-10H,6-8H2,2-4H3,(H,20,21)/t16-/m0/s1. The topological polar surface area (TPSA) is 42.0 Å². The fraction of sp³-hybridized carbons (Fsp3) is 0.500. The van der Waals surface area contributed by atoms with Gasteiger partial charge in [0, 0.05) is 0 Å². The summed E-state index contributed by atoms with van der Waals surface area (Å²) in [5.41, 5.74) is -0.0676. The molecule has 1 saturated carbocycles. The third kappa shape index (κ3) is 4.02. The fourth-order valence-electron chi connectivity index (χ4n) is 1.78. The van der Waals surface area contributed by atoms with E-state index in [1.54, 1.807) is 12.3 Å². The van der Waals surface area contributed by atoms with Crippen molar-refractivity contribution in [3.63, 3.8) is 0 Å². The molecule has 1 fully saturated rings. The number of carbonyl (C=O) groups excluding carboxylic acids is 1. The van der Waals surface area contributed by atoms with E-state index in [9.17, 15) is 4.79 Å². The first-order chi connectivity index (χ1) is 9.81. The zero-order valence-electron chi connectivity index (χ0n) is 12.5. The number of hydrogen-bond acceptors (Lipinski definition) is 2. The summed E-state index contributed by atoms with van der Waals surface area (Å²) in [5, 5.41) is 3.40. The van der Waals surface area contributed by atoms with Gasteiger partial charge in [0.05, 0.1) is 0 Å². The number of amides is 1. The van der Waals surface area contributed by atoms with E-state index < -0.39 is 5.54 Å². The van der Waals surface area contributed by atoms with Crippen LogP contribution >= 0.6 is 11.6 Å². The molecule has 1 atom stereocenters. The molecule has 111 valence electrons. The number of aromatic nitrogens is 1. The molecule has 1 N–H and O–H groups in total. The molecule has 2 rings (SSSR count). The molecule has 1 radical (unpaired) electrons. The van der Waals surface area contributed by atoms with Crippen molar-refractivity contribution in [3.8, 4) is 12.3 Å². The second-order valence-corrected chi connectivity index (χ2v) is 9.98. The molecule has 1 aliphatic rings. The molecule has 21 heavy (non-hydrogen) atoms. The van der Waals surface area contributed by atoms with E-state index in [2.05, 4.69) is 23.1 Å². The van der Waals surface area contributed by atoms with Gasteiger partial charge in [0.1, 0.15) is 0 Å². The number of terminal acetylenes is 1. The molecule has 0 aliphatic heterocycles. The van der Waals surface area contributed by atoms with E-state index in [1.807, 2.05) is 13.8 Å². The number of rotatable bonds is 5. The van der Waals surface area contributed by atoms with Crippen LogP contribution in [0.5, 0.6) is 0 Å². The molecule has 0 bridgehead atoms. The molecule has 0 aromatic carbocycles. The van der Waals surface area contributed by atoms with Crippen LogP contribution in [0.3, 0.4) is 0 Å². The summed E-state index contributed by atoms with van der Waals surface area (Å²) >= 11 is 5.87.